The maximum Gasteiger partial charge on any atom is 0.137 e. The molecule has 0 unspecified atom stereocenters. The van der Waals surface area contributed by atoms with Gasteiger partial charge in [-0.15, -0.1) is 0 Å². The Kier molecular flexibility index (Phi) is 11.9. The van der Waals surface area contributed by atoms with Gasteiger partial charge in [-0.05, 0) is 133 Å². The summed E-state index contributed by atoms with van der Waals surface area (Å²) in [6, 6.07) is 77.5. The third kappa shape index (κ3) is 8.39. The van der Waals surface area contributed by atoms with Crippen molar-refractivity contribution >= 4 is 44.6 Å². The van der Waals surface area contributed by atoms with Gasteiger partial charge in [-0.25, -0.2) is 4.98 Å². The van der Waals surface area contributed by atoms with Crippen molar-refractivity contribution < 1.29 is 0 Å². The number of anilines is 4. The highest BCUT2D eigenvalue weighted by Crippen LogP contribution is 2.51. The summed E-state index contributed by atoms with van der Waals surface area (Å²) in [7, 11) is 0. The average Bonchev–Trinajstić information content (AvgIpc) is 3.95. The molecule has 0 atom stereocenters. The fourth-order valence-corrected chi connectivity index (χ4v) is 11.5. The van der Waals surface area contributed by atoms with Gasteiger partial charge in [-0.1, -0.05) is 216 Å². The molecule has 10 aromatic rings. The lowest BCUT2D eigenvalue weighted by Gasteiger charge is -2.37. The number of fused-ring (bicyclic) bond motifs is 4. The molecule has 11 rings (SSSR count). The summed E-state index contributed by atoms with van der Waals surface area (Å²) < 4.78 is 2.41. The maximum atomic E-state index is 5.17. The van der Waals surface area contributed by atoms with Crippen LogP contribution in [0.2, 0.25) is 0 Å². The lowest BCUT2D eigenvalue weighted by molar-refractivity contribution is 0.568. The number of aromatic nitrogens is 2. The number of hydrogen-bond acceptors (Lipinski definition) is 3. The molecule has 4 heteroatoms. The molecule has 74 heavy (non-hydrogen) atoms. The number of rotatable bonds is 9. The highest BCUT2D eigenvalue weighted by atomic mass is 15.4. The summed E-state index contributed by atoms with van der Waals surface area (Å²) >= 11 is 0. The van der Waals surface area contributed by atoms with Crippen molar-refractivity contribution in [1.82, 2.24) is 9.55 Å². The summed E-state index contributed by atoms with van der Waals surface area (Å²) in [4.78, 5) is 10.2. The van der Waals surface area contributed by atoms with Crippen LogP contribution in [0, 0.1) is 0 Å². The summed E-state index contributed by atoms with van der Waals surface area (Å²) in [6.45, 7) is 26.1. The van der Waals surface area contributed by atoms with Crippen LogP contribution in [0.1, 0.15) is 126 Å². The smallest absolute Gasteiger partial charge is 0.137 e. The minimum Gasteiger partial charge on any atom is -0.321 e. The highest BCUT2D eigenvalue weighted by molar-refractivity contribution is 6.10. The third-order valence-corrected chi connectivity index (χ3v) is 16.0. The Bertz CT molecular complexity index is 3600. The molecule has 0 fully saturated rings. The van der Waals surface area contributed by atoms with E-state index in [1.54, 1.807) is 0 Å². The third-order valence-electron chi connectivity index (χ3n) is 16.0. The summed E-state index contributed by atoms with van der Waals surface area (Å²) in [5, 5.41) is 2.41. The largest absolute Gasteiger partial charge is 0.321 e. The molecule has 0 bridgehead atoms. The van der Waals surface area contributed by atoms with Crippen LogP contribution in [0.5, 0.6) is 0 Å². The van der Waals surface area contributed by atoms with Crippen LogP contribution >= 0.6 is 0 Å². The van der Waals surface area contributed by atoms with E-state index in [-0.39, 0.29) is 21.7 Å². The fraction of sp³-hybridized carbons (Fsp3) is 0.243. The van der Waals surface area contributed by atoms with Gasteiger partial charge in [0.2, 0.25) is 0 Å². The summed E-state index contributed by atoms with van der Waals surface area (Å²) in [6.07, 6.45) is 1.98. The van der Waals surface area contributed by atoms with Gasteiger partial charge in [0.1, 0.15) is 12.5 Å². The zero-order valence-electron chi connectivity index (χ0n) is 45.2. The minimum absolute atomic E-state index is 0.00590. The van der Waals surface area contributed by atoms with Crippen LogP contribution in [0.4, 0.5) is 22.7 Å². The van der Waals surface area contributed by atoms with Crippen molar-refractivity contribution in [2.24, 2.45) is 0 Å². The Morgan fingerprint density at radius 3 is 1.42 bits per heavy atom. The summed E-state index contributed by atoms with van der Waals surface area (Å²) in [5.41, 5.74) is 17.3. The molecule has 1 aliphatic heterocycles. The van der Waals surface area contributed by atoms with Gasteiger partial charge in [0.25, 0.3) is 0 Å². The molecule has 1 aliphatic rings. The van der Waals surface area contributed by atoms with Crippen molar-refractivity contribution in [3.63, 3.8) is 0 Å². The van der Waals surface area contributed by atoms with E-state index in [1.165, 1.54) is 77.9 Å². The standard InChI is InChI=1S/C70H70N4/c1-66(2,3)51-38-39-71-65(46-51)74-61-37-35-52(69(10,11)48-24-15-12-16-25-48)44-60(61)59-36-34-54(45-64(59)74)70(49-26-17-13-18-27-49,50-28-19-14-20-29-50)53-30-23-31-57(41-53)72-47-73(63-33-22-21-32-62(63)72)58-42-55(67(4,5)6)40-56(43-58)68(7,8)9/h12-46H,47H2,1-11H3. The monoisotopic (exact) mass is 967 g/mol. The second-order valence-electron chi connectivity index (χ2n) is 24.2. The van der Waals surface area contributed by atoms with Crippen LogP contribution in [-0.4, -0.2) is 16.2 Å². The van der Waals surface area contributed by atoms with Crippen LogP contribution in [0.3, 0.4) is 0 Å². The van der Waals surface area contributed by atoms with E-state index < -0.39 is 5.41 Å². The van der Waals surface area contributed by atoms with E-state index in [0.717, 1.165) is 22.5 Å². The second kappa shape index (κ2) is 18.1. The molecule has 0 aliphatic carbocycles. The van der Waals surface area contributed by atoms with Crippen molar-refractivity contribution in [3.05, 3.63) is 263 Å². The van der Waals surface area contributed by atoms with Crippen molar-refractivity contribution in [2.75, 3.05) is 16.5 Å². The maximum absolute atomic E-state index is 5.17. The molecule has 0 radical (unpaired) electrons. The van der Waals surface area contributed by atoms with Crippen LogP contribution < -0.4 is 9.80 Å². The molecule has 0 N–H and O–H groups in total. The predicted octanol–water partition coefficient (Wildman–Crippen LogP) is 18.0. The number of hydrogen-bond donors (Lipinski definition) is 0. The van der Waals surface area contributed by atoms with Gasteiger partial charge in [-0.3, -0.25) is 4.57 Å². The first-order valence-corrected chi connectivity index (χ1v) is 26.5. The Labute approximate surface area is 440 Å². The Morgan fingerprint density at radius 2 is 0.838 bits per heavy atom. The SMILES string of the molecule is CC(C)(C)c1cc(N2CN(c3cccc(C(c4ccccc4)(c4ccccc4)c4ccc5c6cc(C(C)(C)c7ccccc7)ccc6n(-c6cc(C(C)(C)C)ccn6)c5c4)c3)c3ccccc32)cc(C(C)(C)C)c1. The van der Waals surface area contributed by atoms with E-state index >= 15 is 0 Å². The van der Waals surface area contributed by atoms with Gasteiger partial charge in [-0.2, -0.15) is 0 Å². The first-order chi connectivity index (χ1) is 35.3. The Hall–Kier alpha value is -7.69. The Balaban J connectivity index is 1.14. The molecule has 0 saturated carbocycles. The van der Waals surface area contributed by atoms with E-state index in [4.69, 9.17) is 4.98 Å². The second-order valence-corrected chi connectivity index (χ2v) is 24.2. The normalized spacial score (nSPS) is 13.5. The van der Waals surface area contributed by atoms with E-state index in [9.17, 15) is 0 Å². The molecule has 2 aromatic heterocycles. The van der Waals surface area contributed by atoms with E-state index in [1.807, 2.05) is 6.20 Å². The fourth-order valence-electron chi connectivity index (χ4n) is 11.5. The lowest BCUT2D eigenvalue weighted by Crippen LogP contribution is -2.31. The zero-order valence-corrected chi connectivity index (χ0v) is 45.2. The molecule has 3 heterocycles. The molecular weight excluding hydrogens is 897 g/mol. The van der Waals surface area contributed by atoms with Gasteiger partial charge < -0.3 is 9.80 Å². The molecule has 370 valence electrons. The van der Waals surface area contributed by atoms with Gasteiger partial charge in [0.05, 0.1) is 27.8 Å². The van der Waals surface area contributed by atoms with Gasteiger partial charge in [0.15, 0.2) is 0 Å². The van der Waals surface area contributed by atoms with Crippen LogP contribution in [0.15, 0.2) is 212 Å². The number of benzene rings is 8. The first-order valence-electron chi connectivity index (χ1n) is 26.5. The quantitative estimate of drug-likeness (QED) is 0.135. The molecule has 0 saturated heterocycles. The number of nitrogens with zero attached hydrogens (tertiary/aromatic N) is 4. The topological polar surface area (TPSA) is 24.3 Å². The predicted molar refractivity (Wildman–Crippen MR) is 314 cm³/mol. The molecule has 0 amide bonds. The highest BCUT2D eigenvalue weighted by Gasteiger charge is 2.40. The molecule has 8 aromatic carbocycles. The number of para-hydroxylation sites is 2. The van der Waals surface area contributed by atoms with Crippen molar-refractivity contribution in [2.45, 2.75) is 103 Å². The minimum atomic E-state index is -0.725. The zero-order chi connectivity index (χ0) is 51.8. The summed E-state index contributed by atoms with van der Waals surface area (Å²) in [5.74, 6) is 0.913. The number of pyridine rings is 1. The van der Waals surface area contributed by atoms with E-state index in [0.29, 0.717) is 6.67 Å². The average molecular weight is 967 g/mol. The van der Waals surface area contributed by atoms with Crippen molar-refractivity contribution in [3.8, 4) is 5.82 Å². The van der Waals surface area contributed by atoms with Crippen molar-refractivity contribution in [1.29, 1.82) is 0 Å². The van der Waals surface area contributed by atoms with Crippen LogP contribution in [0.25, 0.3) is 27.6 Å². The van der Waals surface area contributed by atoms with E-state index in [2.05, 4.69) is 297 Å². The molecular formula is C70H70N4. The van der Waals surface area contributed by atoms with Crippen LogP contribution in [-0.2, 0) is 27.1 Å². The van der Waals surface area contributed by atoms with Gasteiger partial charge >= 0.3 is 0 Å². The lowest BCUT2D eigenvalue weighted by atomic mass is 9.65. The Morgan fingerprint density at radius 1 is 0.338 bits per heavy atom. The first kappa shape index (κ1) is 48.6. The molecule has 4 nitrogen and oxygen atoms in total. The molecule has 0 spiro atoms. The van der Waals surface area contributed by atoms with Gasteiger partial charge in [0, 0.05) is 33.8 Å².